The summed E-state index contributed by atoms with van der Waals surface area (Å²) in [5.41, 5.74) is -3.26. The van der Waals surface area contributed by atoms with Gasteiger partial charge in [-0.25, -0.2) is 9.18 Å². The molecule has 0 aromatic heterocycles. The second-order valence-corrected chi connectivity index (χ2v) is 2.48. The largest absolute Gasteiger partial charge is 0.435 e. The van der Waals surface area contributed by atoms with Gasteiger partial charge >= 0.3 is 12.1 Å². The van der Waals surface area contributed by atoms with E-state index in [0.717, 1.165) is 0 Å². The van der Waals surface area contributed by atoms with Gasteiger partial charge in [0.15, 0.2) is 0 Å². The fourth-order valence-electron chi connectivity index (χ4n) is 0.201. The Bertz CT molecular complexity index is 217. The fraction of sp³-hybridized carbons (Fsp3) is 0.500. The standard InChI is InChI=1S/C6H6ClF3O3/c1-3(2)4(11)12-13-6(9,10)5(7)8/h5H,1H2,2H3. The third-order valence-electron chi connectivity index (χ3n) is 0.831. The van der Waals surface area contributed by atoms with Crippen LogP contribution in [-0.2, 0) is 14.6 Å². The highest BCUT2D eigenvalue weighted by molar-refractivity contribution is 6.20. The highest BCUT2D eigenvalue weighted by atomic mass is 35.5. The molecule has 1 atom stereocenters. The molecule has 0 saturated heterocycles. The summed E-state index contributed by atoms with van der Waals surface area (Å²) in [5.74, 6) is -1.23. The Balaban J connectivity index is 4.02. The Morgan fingerprint density at radius 2 is 2.08 bits per heavy atom. The molecule has 0 aliphatic rings. The molecule has 0 bridgehead atoms. The number of carbonyl (C=O) groups excluding carboxylic acids is 1. The molecule has 0 spiro atoms. The number of hydrogen-bond acceptors (Lipinski definition) is 3. The fourth-order valence-corrected chi connectivity index (χ4v) is 0.237. The summed E-state index contributed by atoms with van der Waals surface area (Å²) in [6.45, 7) is 4.28. The summed E-state index contributed by atoms with van der Waals surface area (Å²) in [4.78, 5) is 17.1. The Hall–Kier alpha value is -0.750. The molecule has 0 N–H and O–H groups in total. The number of halogens is 4. The second-order valence-electron chi connectivity index (χ2n) is 2.10. The van der Waals surface area contributed by atoms with Gasteiger partial charge in [0.05, 0.1) is 0 Å². The van der Waals surface area contributed by atoms with E-state index in [1.54, 1.807) is 0 Å². The minimum absolute atomic E-state index is 0.166. The molecule has 0 aliphatic heterocycles. The number of carbonyl (C=O) groups is 1. The molecule has 0 aromatic carbocycles. The van der Waals surface area contributed by atoms with Gasteiger partial charge in [0, 0.05) is 5.57 Å². The van der Waals surface area contributed by atoms with E-state index < -0.39 is 17.7 Å². The van der Waals surface area contributed by atoms with E-state index in [4.69, 9.17) is 0 Å². The van der Waals surface area contributed by atoms with E-state index in [-0.39, 0.29) is 5.57 Å². The van der Waals surface area contributed by atoms with Gasteiger partial charge in [-0.1, -0.05) is 18.2 Å². The lowest BCUT2D eigenvalue weighted by molar-refractivity contribution is -0.419. The number of rotatable bonds is 4. The molecule has 0 fully saturated rings. The van der Waals surface area contributed by atoms with Crippen LogP contribution in [0.2, 0.25) is 0 Å². The topological polar surface area (TPSA) is 35.5 Å². The maximum Gasteiger partial charge on any atom is 0.435 e. The summed E-state index contributed by atoms with van der Waals surface area (Å²) in [5, 5.41) is 0. The van der Waals surface area contributed by atoms with Crippen LogP contribution in [0.1, 0.15) is 6.92 Å². The van der Waals surface area contributed by atoms with E-state index in [1.165, 1.54) is 6.92 Å². The Morgan fingerprint density at radius 3 is 2.38 bits per heavy atom. The second kappa shape index (κ2) is 4.48. The van der Waals surface area contributed by atoms with Crippen molar-refractivity contribution in [2.75, 3.05) is 0 Å². The van der Waals surface area contributed by atoms with E-state index in [1.807, 2.05) is 0 Å². The van der Waals surface area contributed by atoms with Crippen molar-refractivity contribution in [2.45, 2.75) is 18.7 Å². The average molecular weight is 219 g/mol. The van der Waals surface area contributed by atoms with Crippen molar-refractivity contribution in [1.29, 1.82) is 0 Å². The van der Waals surface area contributed by atoms with Crippen LogP contribution >= 0.6 is 11.6 Å². The van der Waals surface area contributed by atoms with Crippen LogP contribution < -0.4 is 0 Å². The van der Waals surface area contributed by atoms with Crippen LogP contribution in [0, 0.1) is 0 Å². The lowest BCUT2D eigenvalue weighted by atomic mass is 10.4. The van der Waals surface area contributed by atoms with Crippen molar-refractivity contribution in [3.8, 4) is 0 Å². The van der Waals surface area contributed by atoms with Gasteiger partial charge in [0.1, 0.15) is 0 Å². The zero-order valence-corrected chi connectivity index (χ0v) is 7.28. The van der Waals surface area contributed by atoms with Crippen molar-refractivity contribution in [3.05, 3.63) is 12.2 Å². The molecule has 0 amide bonds. The van der Waals surface area contributed by atoms with E-state index >= 15 is 0 Å². The lowest BCUT2D eigenvalue weighted by Crippen LogP contribution is -2.30. The van der Waals surface area contributed by atoms with Crippen molar-refractivity contribution in [3.63, 3.8) is 0 Å². The van der Waals surface area contributed by atoms with Crippen LogP contribution in [0.4, 0.5) is 13.2 Å². The first-order chi connectivity index (χ1) is 5.77. The number of alkyl halides is 4. The quantitative estimate of drug-likeness (QED) is 0.314. The zero-order valence-electron chi connectivity index (χ0n) is 6.52. The van der Waals surface area contributed by atoms with E-state index in [0.29, 0.717) is 0 Å². The highest BCUT2D eigenvalue weighted by Crippen LogP contribution is 2.26. The van der Waals surface area contributed by atoms with Gasteiger partial charge in [-0.05, 0) is 6.92 Å². The predicted molar refractivity (Wildman–Crippen MR) is 37.7 cm³/mol. The highest BCUT2D eigenvalue weighted by Gasteiger charge is 2.43. The van der Waals surface area contributed by atoms with E-state index in [9.17, 15) is 18.0 Å². The van der Waals surface area contributed by atoms with Crippen molar-refractivity contribution in [2.24, 2.45) is 0 Å². The summed E-state index contributed by atoms with van der Waals surface area (Å²) in [7, 11) is 0. The average Bonchev–Trinajstić information content (AvgIpc) is 1.99. The van der Waals surface area contributed by atoms with Crippen LogP contribution in [0.15, 0.2) is 12.2 Å². The monoisotopic (exact) mass is 218 g/mol. The summed E-state index contributed by atoms with van der Waals surface area (Å²) in [6.07, 6.45) is -4.37. The lowest BCUT2D eigenvalue weighted by Gasteiger charge is -2.13. The first-order valence-electron chi connectivity index (χ1n) is 2.99. The molecular weight excluding hydrogens is 213 g/mol. The van der Waals surface area contributed by atoms with Gasteiger partial charge in [-0.3, -0.25) is 4.89 Å². The third-order valence-corrected chi connectivity index (χ3v) is 1.09. The summed E-state index contributed by atoms with van der Waals surface area (Å²) in [6, 6.07) is 0. The van der Waals surface area contributed by atoms with Crippen LogP contribution in [-0.4, -0.2) is 17.7 Å². The molecule has 0 heterocycles. The Morgan fingerprint density at radius 1 is 1.62 bits per heavy atom. The molecule has 13 heavy (non-hydrogen) atoms. The predicted octanol–water partition coefficient (Wildman–Crippen LogP) is 2.16. The summed E-state index contributed by atoms with van der Waals surface area (Å²) < 4.78 is 36.1. The van der Waals surface area contributed by atoms with Crippen molar-refractivity contribution < 1.29 is 27.7 Å². The van der Waals surface area contributed by atoms with Crippen LogP contribution in [0.3, 0.4) is 0 Å². The SMILES string of the molecule is C=C(C)C(=O)OOC(F)(F)C(F)Cl. The molecule has 0 radical (unpaired) electrons. The van der Waals surface area contributed by atoms with Crippen molar-refractivity contribution in [1.82, 2.24) is 0 Å². The molecule has 7 heteroatoms. The normalized spacial score (nSPS) is 13.6. The van der Waals surface area contributed by atoms with E-state index in [2.05, 4.69) is 28.0 Å². The maximum atomic E-state index is 12.1. The first-order valence-corrected chi connectivity index (χ1v) is 3.42. The molecule has 0 aromatic rings. The smallest absolute Gasteiger partial charge is 0.287 e. The minimum atomic E-state index is -4.37. The van der Waals surface area contributed by atoms with Gasteiger partial charge < -0.3 is 0 Å². The number of hydrogen-bond donors (Lipinski definition) is 0. The van der Waals surface area contributed by atoms with Crippen molar-refractivity contribution >= 4 is 17.6 Å². The first kappa shape index (κ1) is 12.2. The Kier molecular flexibility index (Phi) is 4.22. The maximum absolute atomic E-state index is 12.1. The van der Waals surface area contributed by atoms with Gasteiger partial charge in [0.25, 0.3) is 5.63 Å². The third kappa shape index (κ3) is 4.14. The minimum Gasteiger partial charge on any atom is -0.287 e. The molecule has 0 aliphatic carbocycles. The van der Waals surface area contributed by atoms with Crippen LogP contribution in [0.5, 0.6) is 0 Å². The molecule has 1 unspecified atom stereocenters. The van der Waals surface area contributed by atoms with Gasteiger partial charge in [-0.15, -0.1) is 4.89 Å². The van der Waals surface area contributed by atoms with Crippen LogP contribution in [0.25, 0.3) is 0 Å². The molecule has 3 nitrogen and oxygen atoms in total. The van der Waals surface area contributed by atoms with Gasteiger partial charge in [-0.2, -0.15) is 8.78 Å². The Labute approximate surface area is 77.0 Å². The molecule has 0 saturated carbocycles. The molecule has 76 valence electrons. The molecule has 0 rings (SSSR count). The molecular formula is C6H6ClF3O3. The van der Waals surface area contributed by atoms with Gasteiger partial charge in [0.2, 0.25) is 0 Å². The zero-order chi connectivity index (χ0) is 10.6. The summed E-state index contributed by atoms with van der Waals surface area (Å²) >= 11 is 4.38.